The van der Waals surface area contributed by atoms with Gasteiger partial charge in [-0.3, -0.25) is 0 Å². The number of hydrogen-bond donors (Lipinski definition) is 0. The van der Waals surface area contributed by atoms with Crippen LogP contribution in [0.25, 0.3) is 111 Å². The summed E-state index contributed by atoms with van der Waals surface area (Å²) in [5.74, 6) is 1.86. The number of nitrogens with zero attached hydrogens (tertiary/aromatic N) is 3. The molecule has 55 heavy (non-hydrogen) atoms. The molecule has 0 aliphatic heterocycles. The molecule has 0 saturated heterocycles. The van der Waals surface area contributed by atoms with Crippen LogP contribution in [0.3, 0.4) is 0 Å². The van der Waals surface area contributed by atoms with Gasteiger partial charge in [-0.2, -0.15) is 0 Å². The van der Waals surface area contributed by atoms with Gasteiger partial charge in [-0.05, 0) is 78.8 Å². The Morgan fingerprint density at radius 1 is 0.291 bits per heavy atom. The van der Waals surface area contributed by atoms with Gasteiger partial charge < -0.3 is 4.42 Å². The fourth-order valence-corrected chi connectivity index (χ4v) is 8.07. The fraction of sp³-hybridized carbons (Fsp3) is 0. The Bertz CT molecular complexity index is 3260. The van der Waals surface area contributed by atoms with E-state index in [0.29, 0.717) is 17.5 Å². The average Bonchev–Trinajstić information content (AvgIpc) is 3.65. The molecule has 2 aromatic heterocycles. The summed E-state index contributed by atoms with van der Waals surface area (Å²) in [6, 6.07) is 65.7. The van der Waals surface area contributed by atoms with Gasteiger partial charge in [0.05, 0.1) is 0 Å². The first-order chi connectivity index (χ1) is 27.2. The minimum absolute atomic E-state index is 0.611. The van der Waals surface area contributed by atoms with Crippen molar-refractivity contribution in [1.82, 2.24) is 15.0 Å². The summed E-state index contributed by atoms with van der Waals surface area (Å²) >= 11 is 0. The summed E-state index contributed by atoms with van der Waals surface area (Å²) in [4.78, 5) is 15.5. The van der Waals surface area contributed by atoms with E-state index in [0.717, 1.165) is 60.9 Å². The van der Waals surface area contributed by atoms with Crippen LogP contribution in [0.4, 0.5) is 0 Å². The second-order valence-electron chi connectivity index (χ2n) is 14.0. The molecule has 11 rings (SSSR count). The number of hydrogen-bond acceptors (Lipinski definition) is 4. The van der Waals surface area contributed by atoms with Crippen molar-refractivity contribution in [2.75, 3.05) is 0 Å². The number of furan rings is 1. The van der Waals surface area contributed by atoms with Crippen molar-refractivity contribution in [2.24, 2.45) is 0 Å². The Labute approximate surface area is 317 Å². The third-order valence-electron chi connectivity index (χ3n) is 10.7. The van der Waals surface area contributed by atoms with Gasteiger partial charge in [0.15, 0.2) is 17.5 Å². The second kappa shape index (κ2) is 12.6. The average molecular weight is 702 g/mol. The summed E-state index contributed by atoms with van der Waals surface area (Å²) in [7, 11) is 0. The maximum absolute atomic E-state index is 6.52. The predicted octanol–water partition coefficient (Wildman–Crippen LogP) is 13.6. The first-order valence-electron chi connectivity index (χ1n) is 18.5. The quantitative estimate of drug-likeness (QED) is 0.168. The van der Waals surface area contributed by atoms with Gasteiger partial charge in [-0.25, -0.2) is 15.0 Å². The maximum Gasteiger partial charge on any atom is 0.164 e. The highest BCUT2D eigenvalue weighted by Gasteiger charge is 2.20. The van der Waals surface area contributed by atoms with Crippen molar-refractivity contribution in [3.05, 3.63) is 188 Å². The zero-order valence-corrected chi connectivity index (χ0v) is 29.6. The highest BCUT2D eigenvalue weighted by molar-refractivity contribution is 6.18. The molecule has 4 heteroatoms. The fourth-order valence-electron chi connectivity index (χ4n) is 8.07. The normalized spacial score (nSPS) is 11.6. The highest BCUT2D eigenvalue weighted by atomic mass is 16.3. The molecular weight excluding hydrogens is 671 g/mol. The molecule has 256 valence electrons. The molecule has 0 bridgehead atoms. The largest absolute Gasteiger partial charge is 0.456 e. The first kappa shape index (κ1) is 31.1. The van der Waals surface area contributed by atoms with E-state index in [1.54, 1.807) is 0 Å². The van der Waals surface area contributed by atoms with Crippen LogP contribution in [0.15, 0.2) is 192 Å². The van der Waals surface area contributed by atoms with Gasteiger partial charge in [0.1, 0.15) is 11.2 Å². The summed E-state index contributed by atoms with van der Waals surface area (Å²) in [6.07, 6.45) is 0. The molecule has 0 N–H and O–H groups in total. The van der Waals surface area contributed by atoms with Crippen molar-refractivity contribution in [3.63, 3.8) is 0 Å². The molecule has 9 aromatic carbocycles. The van der Waals surface area contributed by atoms with Crippen molar-refractivity contribution >= 4 is 54.3 Å². The smallest absolute Gasteiger partial charge is 0.164 e. The molecule has 0 aliphatic rings. The summed E-state index contributed by atoms with van der Waals surface area (Å²) in [5.41, 5.74) is 8.84. The summed E-state index contributed by atoms with van der Waals surface area (Å²) in [6.45, 7) is 0. The molecule has 0 spiro atoms. The molecule has 2 heterocycles. The molecule has 0 atom stereocenters. The third-order valence-corrected chi connectivity index (χ3v) is 10.7. The molecule has 0 radical (unpaired) electrons. The van der Waals surface area contributed by atoms with E-state index in [4.69, 9.17) is 19.4 Å². The third kappa shape index (κ3) is 5.26. The van der Waals surface area contributed by atoms with Crippen molar-refractivity contribution in [2.45, 2.75) is 0 Å². The lowest BCUT2D eigenvalue weighted by Gasteiger charge is -2.13. The number of rotatable bonds is 5. The Morgan fingerprint density at radius 2 is 0.873 bits per heavy atom. The Morgan fingerprint density at radius 3 is 1.69 bits per heavy atom. The molecular formula is C51H31N3O. The van der Waals surface area contributed by atoms with Crippen molar-refractivity contribution in [1.29, 1.82) is 0 Å². The minimum Gasteiger partial charge on any atom is -0.456 e. The zero-order valence-electron chi connectivity index (χ0n) is 29.6. The van der Waals surface area contributed by atoms with Crippen LogP contribution < -0.4 is 0 Å². The van der Waals surface area contributed by atoms with E-state index < -0.39 is 0 Å². The first-order valence-corrected chi connectivity index (χ1v) is 18.5. The van der Waals surface area contributed by atoms with Crippen LogP contribution >= 0.6 is 0 Å². The van der Waals surface area contributed by atoms with Gasteiger partial charge >= 0.3 is 0 Å². The summed E-state index contributed by atoms with van der Waals surface area (Å²) < 4.78 is 6.52. The lowest BCUT2D eigenvalue weighted by atomic mass is 9.94. The Kier molecular flexibility index (Phi) is 7.14. The zero-order chi connectivity index (χ0) is 36.3. The lowest BCUT2D eigenvalue weighted by molar-refractivity contribution is 0.669. The molecule has 0 amide bonds. The van der Waals surface area contributed by atoms with Crippen LogP contribution in [0.5, 0.6) is 0 Å². The van der Waals surface area contributed by atoms with Crippen molar-refractivity contribution in [3.8, 4) is 56.4 Å². The van der Waals surface area contributed by atoms with Gasteiger partial charge in [0, 0.05) is 27.5 Å². The SMILES string of the molecule is c1ccc(-c2ccc3c(c2)oc2cccc(-c4ccccc4-c4nc(-c5ccccc5)nc(-c5ccc6ccc7c8ccccc8ccc7c6c5)n4)c23)cc1. The molecule has 0 fully saturated rings. The molecule has 0 aliphatic carbocycles. The van der Waals surface area contributed by atoms with E-state index in [2.05, 4.69) is 158 Å². The van der Waals surface area contributed by atoms with Crippen LogP contribution in [-0.4, -0.2) is 15.0 Å². The Hall–Kier alpha value is -7.43. The Balaban J connectivity index is 1.10. The topological polar surface area (TPSA) is 51.8 Å². The second-order valence-corrected chi connectivity index (χ2v) is 14.0. The summed E-state index contributed by atoms with van der Waals surface area (Å²) in [5, 5.41) is 9.38. The van der Waals surface area contributed by atoms with E-state index in [9.17, 15) is 0 Å². The monoisotopic (exact) mass is 701 g/mol. The van der Waals surface area contributed by atoms with E-state index in [1.807, 2.05) is 30.3 Å². The van der Waals surface area contributed by atoms with Gasteiger partial charge in [-0.1, -0.05) is 164 Å². The number of aromatic nitrogens is 3. The molecule has 4 nitrogen and oxygen atoms in total. The minimum atomic E-state index is 0.611. The molecule has 11 aromatic rings. The van der Waals surface area contributed by atoms with E-state index >= 15 is 0 Å². The van der Waals surface area contributed by atoms with Crippen molar-refractivity contribution < 1.29 is 4.42 Å². The number of benzene rings is 9. The van der Waals surface area contributed by atoms with Crippen LogP contribution in [0.1, 0.15) is 0 Å². The number of fused-ring (bicyclic) bond motifs is 8. The molecule has 0 saturated carbocycles. The van der Waals surface area contributed by atoms with E-state index in [-0.39, 0.29) is 0 Å². The molecule has 0 unspecified atom stereocenters. The van der Waals surface area contributed by atoms with Gasteiger partial charge in [0.25, 0.3) is 0 Å². The van der Waals surface area contributed by atoms with E-state index in [1.165, 1.54) is 32.3 Å². The lowest BCUT2D eigenvalue weighted by Crippen LogP contribution is -2.01. The van der Waals surface area contributed by atoms with Gasteiger partial charge in [-0.15, -0.1) is 0 Å². The standard InChI is InChI=1S/C51H31N3O/c1-3-12-32(13-4-1)36-26-29-44-47(31-36)55-46-21-11-20-42(48(44)46)39-18-9-10-19-43(39)51-53-49(35-15-5-2-6-16-35)52-50(54-51)37-23-22-34-25-27-40-38-17-8-7-14-33(38)24-28-41(40)45(34)30-37/h1-31H. The highest BCUT2D eigenvalue weighted by Crippen LogP contribution is 2.42. The van der Waals surface area contributed by atoms with Crippen LogP contribution in [-0.2, 0) is 0 Å². The van der Waals surface area contributed by atoms with Crippen LogP contribution in [0.2, 0.25) is 0 Å². The van der Waals surface area contributed by atoms with Crippen LogP contribution in [0, 0.1) is 0 Å². The predicted molar refractivity (Wildman–Crippen MR) is 227 cm³/mol. The maximum atomic E-state index is 6.52. The van der Waals surface area contributed by atoms with Gasteiger partial charge in [0.2, 0.25) is 0 Å².